The lowest BCUT2D eigenvalue weighted by atomic mass is 10.1. The second-order valence-electron chi connectivity index (χ2n) is 5.34. The van der Waals surface area contributed by atoms with E-state index in [1.54, 1.807) is 0 Å². The minimum Gasteiger partial charge on any atom is -0.314 e. The molecule has 1 N–H and O–H groups in total. The highest BCUT2D eigenvalue weighted by Crippen LogP contribution is 2.19. The molecule has 1 aliphatic rings. The van der Waals surface area contributed by atoms with Crippen LogP contribution in [0.1, 0.15) is 35.6 Å². The summed E-state index contributed by atoms with van der Waals surface area (Å²) in [5.41, 5.74) is 2.91. The molecule has 1 heterocycles. The highest BCUT2D eigenvalue weighted by molar-refractivity contribution is 7.89. The van der Waals surface area contributed by atoms with Crippen molar-refractivity contribution in [2.75, 3.05) is 12.8 Å². The molecule has 0 saturated heterocycles. The summed E-state index contributed by atoms with van der Waals surface area (Å²) in [5.74, 6) is 0.311. The van der Waals surface area contributed by atoms with Crippen LogP contribution in [0.2, 0.25) is 0 Å². The number of rotatable bonds is 6. The van der Waals surface area contributed by atoms with Gasteiger partial charge in [-0.25, -0.2) is 18.4 Å². The van der Waals surface area contributed by atoms with Crippen molar-refractivity contribution < 1.29 is 8.42 Å². The molecule has 19 heavy (non-hydrogen) atoms. The number of hydrogen-bond acceptors (Lipinski definition) is 5. The van der Waals surface area contributed by atoms with E-state index < -0.39 is 9.84 Å². The summed E-state index contributed by atoms with van der Waals surface area (Å²) in [7, 11) is -3.08. The van der Waals surface area contributed by atoms with E-state index in [9.17, 15) is 8.42 Å². The first-order valence-electron chi connectivity index (χ1n) is 6.59. The van der Waals surface area contributed by atoms with Crippen LogP contribution in [0, 0.1) is 13.8 Å². The number of aromatic nitrogens is 2. The van der Waals surface area contributed by atoms with Gasteiger partial charge >= 0.3 is 0 Å². The highest BCUT2D eigenvalue weighted by Gasteiger charge is 2.20. The van der Waals surface area contributed by atoms with Crippen molar-refractivity contribution >= 4 is 9.84 Å². The average molecular weight is 283 g/mol. The summed E-state index contributed by atoms with van der Waals surface area (Å²) in [6, 6.07) is 0.700. The van der Waals surface area contributed by atoms with Gasteiger partial charge in [0, 0.05) is 23.7 Å². The van der Waals surface area contributed by atoms with Gasteiger partial charge < -0.3 is 5.32 Å². The van der Waals surface area contributed by atoms with Gasteiger partial charge in [0.1, 0.15) is 11.6 Å². The Morgan fingerprint density at radius 1 is 1.21 bits per heavy atom. The van der Waals surface area contributed by atoms with Crippen molar-refractivity contribution in [1.82, 2.24) is 15.3 Å². The lowest BCUT2D eigenvalue weighted by molar-refractivity contribution is 0.599. The van der Waals surface area contributed by atoms with Gasteiger partial charge in [-0.05, 0) is 45.2 Å². The molecule has 0 aliphatic heterocycles. The Morgan fingerprint density at radius 3 is 2.26 bits per heavy atom. The summed E-state index contributed by atoms with van der Waals surface area (Å²) in [5, 5.41) is 3.46. The average Bonchev–Trinajstić information content (AvgIpc) is 3.03. The van der Waals surface area contributed by atoms with Gasteiger partial charge in [0.2, 0.25) is 0 Å². The fourth-order valence-corrected chi connectivity index (χ4v) is 2.76. The van der Waals surface area contributed by atoms with E-state index in [2.05, 4.69) is 15.3 Å². The van der Waals surface area contributed by atoms with Crippen LogP contribution in [0.5, 0.6) is 0 Å². The van der Waals surface area contributed by atoms with Crippen molar-refractivity contribution in [3.8, 4) is 0 Å². The molecule has 0 bridgehead atoms. The largest absolute Gasteiger partial charge is 0.314 e. The fraction of sp³-hybridized carbons (Fsp3) is 0.692. The second kappa shape index (κ2) is 5.54. The molecule has 6 heteroatoms. The Morgan fingerprint density at radius 2 is 1.79 bits per heavy atom. The first-order chi connectivity index (χ1) is 8.85. The normalized spacial score (nSPS) is 15.7. The first-order valence-corrected chi connectivity index (χ1v) is 8.65. The van der Waals surface area contributed by atoms with Crippen molar-refractivity contribution in [3.63, 3.8) is 0 Å². The van der Waals surface area contributed by atoms with Gasteiger partial charge in [0.25, 0.3) is 0 Å². The van der Waals surface area contributed by atoms with Gasteiger partial charge in [-0.1, -0.05) is 0 Å². The van der Waals surface area contributed by atoms with E-state index >= 15 is 0 Å². The summed E-state index contributed by atoms with van der Waals surface area (Å²) in [6.07, 6.45) is 4.66. The minimum atomic E-state index is -3.08. The zero-order valence-electron chi connectivity index (χ0n) is 11.7. The minimum absolute atomic E-state index is 0.0880. The Balaban J connectivity index is 2.07. The van der Waals surface area contributed by atoms with E-state index in [4.69, 9.17) is 0 Å². The predicted molar refractivity (Wildman–Crippen MR) is 74.8 cm³/mol. The van der Waals surface area contributed by atoms with E-state index in [1.807, 2.05) is 13.8 Å². The smallest absolute Gasteiger partial charge is 0.154 e. The molecule has 5 nitrogen and oxygen atoms in total. The third-order valence-electron chi connectivity index (χ3n) is 3.24. The summed E-state index contributed by atoms with van der Waals surface area (Å²) >= 11 is 0. The predicted octanol–water partition coefficient (Wildman–Crippen LogP) is 0.933. The third-order valence-corrected chi connectivity index (χ3v) is 4.03. The molecule has 1 fully saturated rings. The Hall–Kier alpha value is -1.01. The van der Waals surface area contributed by atoms with Crippen LogP contribution < -0.4 is 5.32 Å². The maximum atomic E-state index is 11.3. The van der Waals surface area contributed by atoms with Crippen LogP contribution in [-0.2, 0) is 22.0 Å². The molecule has 1 aliphatic carbocycles. The quantitative estimate of drug-likeness (QED) is 0.841. The lowest BCUT2D eigenvalue weighted by Gasteiger charge is -2.11. The van der Waals surface area contributed by atoms with E-state index in [-0.39, 0.29) is 5.75 Å². The molecule has 0 aromatic carbocycles. The molecule has 0 unspecified atom stereocenters. The van der Waals surface area contributed by atoms with Crippen molar-refractivity contribution in [2.45, 2.75) is 44.9 Å². The molecule has 0 radical (unpaired) electrons. The molecule has 1 aromatic heterocycles. The Bertz CT molecular complexity index is 542. The van der Waals surface area contributed by atoms with Crippen molar-refractivity contribution in [2.24, 2.45) is 0 Å². The van der Waals surface area contributed by atoms with Crippen LogP contribution in [0.4, 0.5) is 0 Å². The lowest BCUT2D eigenvalue weighted by Crippen LogP contribution is -2.20. The first kappa shape index (κ1) is 14.4. The number of aryl methyl sites for hydroxylation is 2. The topological polar surface area (TPSA) is 72.0 Å². The van der Waals surface area contributed by atoms with Crippen LogP contribution in [0.25, 0.3) is 0 Å². The molecule has 0 atom stereocenters. The Kier molecular flexibility index (Phi) is 4.20. The number of sulfone groups is 1. The van der Waals surface area contributed by atoms with Crippen LogP contribution in [0.15, 0.2) is 0 Å². The van der Waals surface area contributed by atoms with E-state index in [0.717, 1.165) is 29.9 Å². The van der Waals surface area contributed by atoms with Crippen molar-refractivity contribution in [1.29, 1.82) is 0 Å². The van der Waals surface area contributed by atoms with E-state index in [0.29, 0.717) is 11.9 Å². The monoisotopic (exact) mass is 283 g/mol. The summed E-state index contributed by atoms with van der Waals surface area (Å²) in [6.45, 7) is 4.78. The van der Waals surface area contributed by atoms with Crippen LogP contribution in [0.3, 0.4) is 0 Å². The zero-order valence-corrected chi connectivity index (χ0v) is 12.5. The maximum absolute atomic E-state index is 11.3. The molecular weight excluding hydrogens is 262 g/mol. The number of hydrogen-bond donors (Lipinski definition) is 1. The van der Waals surface area contributed by atoms with Gasteiger partial charge in [-0.2, -0.15) is 0 Å². The Labute approximate surface area is 114 Å². The number of nitrogens with zero attached hydrogens (tertiary/aromatic N) is 2. The third kappa shape index (κ3) is 4.54. The van der Waals surface area contributed by atoms with Crippen LogP contribution >= 0.6 is 0 Å². The van der Waals surface area contributed by atoms with E-state index in [1.165, 1.54) is 19.1 Å². The van der Waals surface area contributed by atoms with Crippen molar-refractivity contribution in [3.05, 3.63) is 22.8 Å². The van der Waals surface area contributed by atoms with Gasteiger partial charge in [-0.15, -0.1) is 0 Å². The molecule has 1 aromatic rings. The van der Waals surface area contributed by atoms with Gasteiger partial charge in [0.05, 0.1) is 0 Å². The molecule has 0 amide bonds. The second-order valence-corrected chi connectivity index (χ2v) is 7.48. The molecule has 2 rings (SSSR count). The molecule has 1 saturated carbocycles. The summed E-state index contributed by atoms with van der Waals surface area (Å²) < 4.78 is 22.5. The van der Waals surface area contributed by atoms with Crippen LogP contribution in [-0.4, -0.2) is 37.2 Å². The van der Waals surface area contributed by atoms with Gasteiger partial charge in [0.15, 0.2) is 9.84 Å². The highest BCUT2D eigenvalue weighted by atomic mass is 32.2. The maximum Gasteiger partial charge on any atom is 0.154 e. The molecular formula is C13H21N3O2S. The fourth-order valence-electron chi connectivity index (χ4n) is 2.16. The molecule has 0 spiro atoms. The SMILES string of the molecule is Cc1nc(CS(C)(=O)=O)nc(C)c1CCNC1CC1. The summed E-state index contributed by atoms with van der Waals surface area (Å²) in [4.78, 5) is 8.63. The molecule has 106 valence electrons. The van der Waals surface area contributed by atoms with Gasteiger partial charge in [-0.3, -0.25) is 0 Å². The number of nitrogens with one attached hydrogen (secondary N) is 1. The standard InChI is InChI=1S/C13H21N3O2S/c1-9-12(6-7-14-11-4-5-11)10(2)16-13(15-9)8-19(3,17)18/h11,14H,4-8H2,1-3H3. The zero-order chi connectivity index (χ0) is 14.0.